The summed E-state index contributed by atoms with van der Waals surface area (Å²) in [5.41, 5.74) is 0. The standard InChI is InChI=1S/C8H10N2O2/c1-2-3-4-5-8(9-6-11)10-7-12/h5H,2-4H2,1H3. The summed E-state index contributed by atoms with van der Waals surface area (Å²) in [7, 11) is 0. The lowest BCUT2D eigenvalue weighted by Gasteiger charge is -1.88. The molecule has 0 saturated heterocycles. The van der Waals surface area contributed by atoms with E-state index < -0.39 is 0 Å². The summed E-state index contributed by atoms with van der Waals surface area (Å²) in [5, 5.41) is 0. The number of carbonyl (C=O) groups excluding carboxylic acids is 2. The van der Waals surface area contributed by atoms with Crippen molar-refractivity contribution in [3.8, 4) is 0 Å². The largest absolute Gasteiger partial charge is 0.242 e. The Morgan fingerprint density at radius 2 is 1.92 bits per heavy atom. The second kappa shape index (κ2) is 7.61. The van der Waals surface area contributed by atoms with Gasteiger partial charge in [0.25, 0.3) is 0 Å². The number of aliphatic imine (C=N–C) groups is 2. The normalized spacial score (nSPS) is 7.75. The molecule has 0 aromatic heterocycles. The van der Waals surface area contributed by atoms with Gasteiger partial charge in [0.05, 0.1) is 0 Å². The maximum absolute atomic E-state index is 9.80. The van der Waals surface area contributed by atoms with Gasteiger partial charge in [0.15, 0.2) is 5.82 Å². The van der Waals surface area contributed by atoms with Crippen LogP contribution in [0, 0.1) is 0 Å². The molecule has 0 amide bonds. The molecule has 0 aliphatic rings. The molecule has 0 radical (unpaired) electrons. The van der Waals surface area contributed by atoms with E-state index in [1.807, 2.05) is 6.92 Å². The van der Waals surface area contributed by atoms with E-state index in [9.17, 15) is 9.59 Å². The smallest absolute Gasteiger partial charge is 0.211 e. The van der Waals surface area contributed by atoms with Gasteiger partial charge >= 0.3 is 0 Å². The Morgan fingerprint density at radius 3 is 2.33 bits per heavy atom. The van der Waals surface area contributed by atoms with Gasteiger partial charge in [-0.15, -0.1) is 9.98 Å². The summed E-state index contributed by atoms with van der Waals surface area (Å²) in [6, 6.07) is 0. The van der Waals surface area contributed by atoms with Gasteiger partial charge in [-0.05, 0) is 18.9 Å². The van der Waals surface area contributed by atoms with Gasteiger partial charge in [-0.25, -0.2) is 9.59 Å². The predicted molar refractivity (Wildman–Crippen MR) is 43.9 cm³/mol. The molecule has 12 heavy (non-hydrogen) atoms. The molecule has 0 aliphatic heterocycles. The molecular weight excluding hydrogens is 156 g/mol. The average Bonchev–Trinajstić information content (AvgIpc) is 2.06. The quantitative estimate of drug-likeness (QED) is 0.354. The minimum atomic E-state index is 0.0912. The molecule has 0 spiro atoms. The van der Waals surface area contributed by atoms with Crippen LogP contribution in [0.25, 0.3) is 0 Å². The number of unbranched alkanes of at least 4 members (excludes halogenated alkanes) is 2. The van der Waals surface area contributed by atoms with E-state index in [4.69, 9.17) is 0 Å². The second-order valence-corrected chi connectivity index (χ2v) is 2.11. The van der Waals surface area contributed by atoms with E-state index in [0.717, 1.165) is 19.3 Å². The van der Waals surface area contributed by atoms with E-state index in [-0.39, 0.29) is 5.82 Å². The van der Waals surface area contributed by atoms with Gasteiger partial charge in [0.1, 0.15) is 0 Å². The fourth-order valence-electron chi connectivity index (χ4n) is 0.645. The number of allylic oxidation sites excluding steroid dienone is 1. The molecule has 0 aliphatic carbocycles. The van der Waals surface area contributed by atoms with Crippen molar-refractivity contribution in [3.63, 3.8) is 0 Å². The zero-order valence-electron chi connectivity index (χ0n) is 6.91. The van der Waals surface area contributed by atoms with Crippen molar-refractivity contribution >= 4 is 12.2 Å². The Kier molecular flexibility index (Phi) is 6.65. The van der Waals surface area contributed by atoms with Gasteiger partial charge in [0, 0.05) is 0 Å². The molecule has 0 N–H and O–H groups in total. The van der Waals surface area contributed by atoms with Crippen LogP contribution in [0.4, 0.5) is 0 Å². The zero-order valence-corrected chi connectivity index (χ0v) is 6.91. The Hall–Kier alpha value is -1.50. The van der Waals surface area contributed by atoms with E-state index in [2.05, 4.69) is 9.98 Å². The topological polar surface area (TPSA) is 58.9 Å². The minimum absolute atomic E-state index is 0.0912. The Morgan fingerprint density at radius 1 is 1.33 bits per heavy atom. The third-order valence-corrected chi connectivity index (χ3v) is 1.20. The lowest BCUT2D eigenvalue weighted by molar-refractivity contribution is 0.563. The maximum Gasteiger partial charge on any atom is 0.242 e. The number of isocyanates is 2. The van der Waals surface area contributed by atoms with Crippen molar-refractivity contribution < 1.29 is 9.59 Å². The molecule has 0 saturated carbocycles. The summed E-state index contributed by atoms with van der Waals surface area (Å²) < 4.78 is 0. The first-order valence-corrected chi connectivity index (χ1v) is 3.71. The lowest BCUT2D eigenvalue weighted by Crippen LogP contribution is -1.74. The van der Waals surface area contributed by atoms with Crippen LogP contribution in [-0.4, -0.2) is 12.2 Å². The van der Waals surface area contributed by atoms with Crippen molar-refractivity contribution in [1.82, 2.24) is 0 Å². The summed E-state index contributed by atoms with van der Waals surface area (Å²) in [6.45, 7) is 2.04. The molecule has 0 heterocycles. The van der Waals surface area contributed by atoms with Crippen LogP contribution in [0.5, 0.6) is 0 Å². The minimum Gasteiger partial charge on any atom is -0.211 e. The van der Waals surface area contributed by atoms with Gasteiger partial charge in [-0.1, -0.05) is 13.3 Å². The zero-order chi connectivity index (χ0) is 9.23. The Labute approximate surface area is 70.7 Å². The van der Waals surface area contributed by atoms with Crippen LogP contribution < -0.4 is 0 Å². The van der Waals surface area contributed by atoms with Crippen LogP contribution in [0.1, 0.15) is 26.2 Å². The second-order valence-electron chi connectivity index (χ2n) is 2.11. The molecular formula is C8H10N2O2. The summed E-state index contributed by atoms with van der Waals surface area (Å²) >= 11 is 0. The average molecular weight is 166 g/mol. The molecule has 0 bridgehead atoms. The van der Waals surface area contributed by atoms with Crippen LogP contribution >= 0.6 is 0 Å². The van der Waals surface area contributed by atoms with Crippen molar-refractivity contribution in [2.45, 2.75) is 26.2 Å². The first-order chi connectivity index (χ1) is 5.85. The highest BCUT2D eigenvalue weighted by Gasteiger charge is 1.88. The monoisotopic (exact) mass is 166 g/mol. The molecule has 0 aromatic carbocycles. The first-order valence-electron chi connectivity index (χ1n) is 3.71. The third kappa shape index (κ3) is 5.30. The van der Waals surface area contributed by atoms with Gasteiger partial charge in [-0.3, -0.25) is 0 Å². The van der Waals surface area contributed by atoms with Crippen molar-refractivity contribution in [3.05, 3.63) is 11.9 Å². The van der Waals surface area contributed by atoms with E-state index in [1.165, 1.54) is 12.2 Å². The van der Waals surface area contributed by atoms with Crippen LogP contribution in [0.2, 0.25) is 0 Å². The molecule has 0 rings (SSSR count). The van der Waals surface area contributed by atoms with Crippen LogP contribution in [0.3, 0.4) is 0 Å². The maximum atomic E-state index is 9.80. The van der Waals surface area contributed by atoms with Crippen molar-refractivity contribution in [2.24, 2.45) is 9.98 Å². The molecule has 0 atom stereocenters. The third-order valence-electron chi connectivity index (χ3n) is 1.20. The highest BCUT2D eigenvalue weighted by Crippen LogP contribution is 2.02. The van der Waals surface area contributed by atoms with Crippen LogP contribution in [-0.2, 0) is 9.59 Å². The van der Waals surface area contributed by atoms with E-state index in [1.54, 1.807) is 6.08 Å². The fraction of sp³-hybridized carbons (Fsp3) is 0.500. The molecule has 0 fully saturated rings. The molecule has 64 valence electrons. The fourth-order valence-corrected chi connectivity index (χ4v) is 0.645. The van der Waals surface area contributed by atoms with Gasteiger partial charge < -0.3 is 0 Å². The van der Waals surface area contributed by atoms with Gasteiger partial charge in [-0.2, -0.15) is 0 Å². The summed E-state index contributed by atoms with van der Waals surface area (Å²) in [5.74, 6) is 0.0912. The highest BCUT2D eigenvalue weighted by molar-refractivity contribution is 5.41. The lowest BCUT2D eigenvalue weighted by atomic mass is 10.2. The Bertz CT molecular complexity index is 226. The number of hydrogen-bond acceptors (Lipinski definition) is 4. The molecule has 0 aromatic rings. The molecule has 0 unspecified atom stereocenters. The number of rotatable bonds is 5. The highest BCUT2D eigenvalue weighted by atomic mass is 16.1. The molecule has 4 heteroatoms. The number of nitrogens with zero attached hydrogens (tertiary/aromatic N) is 2. The van der Waals surface area contributed by atoms with Gasteiger partial charge in [0.2, 0.25) is 12.2 Å². The predicted octanol–water partition coefficient (Wildman–Crippen LogP) is 1.69. The SMILES string of the molecule is CCCCC=C(N=C=O)N=C=O. The molecule has 4 nitrogen and oxygen atoms in total. The Balaban J connectivity index is 4.17. The van der Waals surface area contributed by atoms with Crippen LogP contribution in [0.15, 0.2) is 21.9 Å². The van der Waals surface area contributed by atoms with Crippen molar-refractivity contribution in [1.29, 1.82) is 0 Å². The first kappa shape index (κ1) is 10.5. The van der Waals surface area contributed by atoms with E-state index in [0.29, 0.717) is 0 Å². The van der Waals surface area contributed by atoms with E-state index >= 15 is 0 Å². The summed E-state index contributed by atoms with van der Waals surface area (Å²) in [4.78, 5) is 26.0. The van der Waals surface area contributed by atoms with Crippen molar-refractivity contribution in [2.75, 3.05) is 0 Å². The number of hydrogen-bond donors (Lipinski definition) is 0. The summed E-state index contributed by atoms with van der Waals surface area (Å²) in [6.07, 6.45) is 7.01.